The Morgan fingerprint density at radius 1 is 0.923 bits per heavy atom. The van der Waals surface area contributed by atoms with Crippen LogP contribution >= 0.6 is 0 Å². The molecule has 0 aliphatic carbocycles. The average Bonchev–Trinajstić information content (AvgIpc) is 2.62. The van der Waals surface area contributed by atoms with Gasteiger partial charge in [0.05, 0.1) is 6.21 Å². The Morgan fingerprint density at radius 2 is 1.69 bits per heavy atom. The first-order valence-electron chi connectivity index (χ1n) is 7.48. The van der Waals surface area contributed by atoms with Gasteiger partial charge in [-0.3, -0.25) is 5.43 Å². The minimum absolute atomic E-state index is 0.0797. The van der Waals surface area contributed by atoms with Crippen molar-refractivity contribution in [3.05, 3.63) is 77.7 Å². The molecule has 0 aliphatic rings. The van der Waals surface area contributed by atoms with Gasteiger partial charge in [-0.05, 0) is 17.7 Å². The fourth-order valence-corrected chi connectivity index (χ4v) is 2.13. The molecule has 1 N–H and O–H groups in total. The number of benzene rings is 2. The lowest BCUT2D eigenvalue weighted by molar-refractivity contribution is -0.141. The van der Waals surface area contributed by atoms with Crippen molar-refractivity contribution in [2.24, 2.45) is 5.10 Å². The minimum Gasteiger partial charge on any atom is -0.261 e. The van der Waals surface area contributed by atoms with Crippen LogP contribution in [0.5, 0.6) is 0 Å². The second-order valence-corrected chi connectivity index (χ2v) is 5.25. The fourth-order valence-electron chi connectivity index (χ4n) is 2.13. The summed E-state index contributed by atoms with van der Waals surface area (Å²) in [4.78, 5) is 7.63. The van der Waals surface area contributed by atoms with Crippen LogP contribution in [0.15, 0.2) is 65.8 Å². The minimum atomic E-state index is -4.63. The van der Waals surface area contributed by atoms with Crippen LogP contribution in [0.3, 0.4) is 0 Å². The molecular weight excluding hydrogens is 348 g/mol. The third kappa shape index (κ3) is 4.41. The van der Waals surface area contributed by atoms with Crippen LogP contribution in [0.25, 0.3) is 11.4 Å². The zero-order valence-corrected chi connectivity index (χ0v) is 13.2. The Hall–Kier alpha value is -3.29. The van der Waals surface area contributed by atoms with E-state index >= 15 is 0 Å². The second kappa shape index (κ2) is 7.30. The van der Waals surface area contributed by atoms with E-state index in [9.17, 15) is 17.6 Å². The number of hydrogen-bond donors (Lipinski definition) is 1. The predicted octanol–water partition coefficient (Wildman–Crippen LogP) is 4.75. The van der Waals surface area contributed by atoms with Crippen molar-refractivity contribution in [2.75, 3.05) is 5.43 Å². The number of halogens is 4. The van der Waals surface area contributed by atoms with Crippen LogP contribution in [-0.2, 0) is 6.18 Å². The third-order valence-corrected chi connectivity index (χ3v) is 3.29. The molecule has 8 heteroatoms. The van der Waals surface area contributed by atoms with Crippen molar-refractivity contribution in [3.63, 3.8) is 0 Å². The van der Waals surface area contributed by atoms with Crippen molar-refractivity contribution < 1.29 is 17.6 Å². The number of nitrogens with one attached hydrogen (secondary N) is 1. The fraction of sp³-hybridized carbons (Fsp3) is 0.0556. The Kier molecular flexibility index (Phi) is 4.92. The average molecular weight is 360 g/mol. The van der Waals surface area contributed by atoms with Crippen LogP contribution in [0.2, 0.25) is 0 Å². The summed E-state index contributed by atoms with van der Waals surface area (Å²) < 4.78 is 52.4. The topological polar surface area (TPSA) is 50.2 Å². The molecule has 0 unspecified atom stereocenters. The van der Waals surface area contributed by atoms with E-state index < -0.39 is 17.7 Å². The van der Waals surface area contributed by atoms with Crippen LogP contribution in [0.1, 0.15) is 11.3 Å². The molecule has 1 heterocycles. The maximum absolute atomic E-state index is 13.1. The molecule has 0 amide bonds. The van der Waals surface area contributed by atoms with Crippen molar-refractivity contribution in [2.45, 2.75) is 6.18 Å². The van der Waals surface area contributed by atoms with Crippen molar-refractivity contribution >= 4 is 12.0 Å². The summed E-state index contributed by atoms with van der Waals surface area (Å²) in [5, 5.41) is 3.81. The highest BCUT2D eigenvalue weighted by atomic mass is 19.4. The molecule has 2 aromatic carbocycles. The van der Waals surface area contributed by atoms with Gasteiger partial charge in [0.2, 0.25) is 0 Å². The lowest BCUT2D eigenvalue weighted by atomic mass is 10.2. The summed E-state index contributed by atoms with van der Waals surface area (Å²) >= 11 is 0. The summed E-state index contributed by atoms with van der Waals surface area (Å²) in [7, 11) is 0. The first kappa shape index (κ1) is 17.5. The number of rotatable bonds is 4. The molecule has 26 heavy (non-hydrogen) atoms. The number of aromatic nitrogens is 2. The zero-order valence-electron chi connectivity index (χ0n) is 13.2. The second-order valence-electron chi connectivity index (χ2n) is 5.25. The summed E-state index contributed by atoms with van der Waals surface area (Å²) in [6.07, 6.45) is -3.35. The quantitative estimate of drug-likeness (QED) is 0.415. The van der Waals surface area contributed by atoms with Gasteiger partial charge in [0.25, 0.3) is 0 Å². The van der Waals surface area contributed by atoms with Crippen molar-refractivity contribution in [1.29, 1.82) is 0 Å². The zero-order chi connectivity index (χ0) is 18.6. The molecule has 3 rings (SSSR count). The lowest BCUT2D eigenvalue weighted by Gasteiger charge is -2.10. The highest BCUT2D eigenvalue weighted by Gasteiger charge is 2.33. The molecule has 0 radical (unpaired) electrons. The highest BCUT2D eigenvalue weighted by molar-refractivity contribution is 5.80. The van der Waals surface area contributed by atoms with Crippen LogP contribution in [0.4, 0.5) is 23.4 Å². The maximum atomic E-state index is 13.1. The molecule has 0 fully saturated rings. The first-order valence-corrected chi connectivity index (χ1v) is 7.48. The number of nitrogens with zero attached hydrogens (tertiary/aromatic N) is 3. The van der Waals surface area contributed by atoms with Gasteiger partial charge < -0.3 is 0 Å². The molecule has 0 atom stereocenters. The van der Waals surface area contributed by atoms with Gasteiger partial charge in [-0.2, -0.15) is 18.3 Å². The molecule has 1 aromatic heterocycles. The molecule has 132 valence electrons. The monoisotopic (exact) mass is 360 g/mol. The lowest BCUT2D eigenvalue weighted by Crippen LogP contribution is -2.11. The van der Waals surface area contributed by atoms with Gasteiger partial charge in [0.15, 0.2) is 17.3 Å². The Balaban J connectivity index is 1.91. The van der Waals surface area contributed by atoms with E-state index in [0.29, 0.717) is 11.1 Å². The summed E-state index contributed by atoms with van der Waals surface area (Å²) in [6, 6.07) is 14.7. The smallest absolute Gasteiger partial charge is 0.261 e. The summed E-state index contributed by atoms with van der Waals surface area (Å²) in [5.74, 6) is -0.649. The predicted molar refractivity (Wildman–Crippen MR) is 90.1 cm³/mol. The first-order chi connectivity index (χ1) is 12.4. The van der Waals surface area contributed by atoms with Crippen molar-refractivity contribution in [3.8, 4) is 11.4 Å². The molecule has 4 nitrogen and oxygen atoms in total. The van der Waals surface area contributed by atoms with E-state index in [1.54, 1.807) is 36.4 Å². The SMILES string of the molecule is Fc1cccc(/C=N/Nc2cc(C(F)(F)F)nc(-c3ccccc3)n2)c1. The Bertz CT molecular complexity index is 924. The molecule has 0 bridgehead atoms. The van der Waals surface area contributed by atoms with E-state index in [4.69, 9.17) is 0 Å². The number of hydrogen-bond acceptors (Lipinski definition) is 4. The molecule has 0 saturated heterocycles. The third-order valence-electron chi connectivity index (χ3n) is 3.29. The van der Waals surface area contributed by atoms with Gasteiger partial charge in [0, 0.05) is 11.6 Å². The van der Waals surface area contributed by atoms with Gasteiger partial charge in [-0.15, -0.1) is 0 Å². The largest absolute Gasteiger partial charge is 0.433 e. The van der Waals surface area contributed by atoms with Gasteiger partial charge >= 0.3 is 6.18 Å². The van der Waals surface area contributed by atoms with E-state index in [1.165, 1.54) is 24.4 Å². The van der Waals surface area contributed by atoms with Crippen LogP contribution in [-0.4, -0.2) is 16.2 Å². The van der Waals surface area contributed by atoms with Crippen LogP contribution < -0.4 is 5.43 Å². The highest BCUT2D eigenvalue weighted by Crippen LogP contribution is 2.30. The van der Waals surface area contributed by atoms with Gasteiger partial charge in [-0.1, -0.05) is 42.5 Å². The van der Waals surface area contributed by atoms with E-state index in [0.717, 1.165) is 6.07 Å². The van der Waals surface area contributed by atoms with Gasteiger partial charge in [0.1, 0.15) is 5.82 Å². The maximum Gasteiger partial charge on any atom is 0.433 e. The normalized spacial score (nSPS) is 11.7. The van der Waals surface area contributed by atoms with E-state index in [1.807, 2.05) is 0 Å². The summed E-state index contributed by atoms with van der Waals surface area (Å²) in [6.45, 7) is 0. The molecule has 0 spiro atoms. The molecular formula is C18H12F4N4. The summed E-state index contributed by atoms with van der Waals surface area (Å²) in [5.41, 5.74) is 2.23. The van der Waals surface area contributed by atoms with E-state index in [2.05, 4.69) is 20.5 Å². The number of hydrazone groups is 1. The van der Waals surface area contributed by atoms with Gasteiger partial charge in [-0.25, -0.2) is 14.4 Å². The number of anilines is 1. The Labute approximate surface area is 146 Å². The molecule has 0 saturated carbocycles. The Morgan fingerprint density at radius 3 is 2.38 bits per heavy atom. The molecule has 3 aromatic rings. The standard InChI is InChI=1S/C18H12F4N4/c19-14-8-4-5-12(9-14)11-23-26-16-10-15(18(20,21)22)24-17(25-16)13-6-2-1-3-7-13/h1-11H,(H,24,25,26)/b23-11+. The van der Waals surface area contributed by atoms with Crippen LogP contribution in [0, 0.1) is 5.82 Å². The number of alkyl halides is 3. The molecule has 0 aliphatic heterocycles. The van der Waals surface area contributed by atoms with E-state index in [-0.39, 0.29) is 11.6 Å². The van der Waals surface area contributed by atoms with Crippen molar-refractivity contribution in [1.82, 2.24) is 9.97 Å².